The van der Waals surface area contributed by atoms with E-state index in [1.807, 2.05) is 0 Å². The van der Waals surface area contributed by atoms with Crippen LogP contribution in [0, 0.1) is 0 Å². The molecular formula is C56H43N. The summed E-state index contributed by atoms with van der Waals surface area (Å²) in [6.07, 6.45) is 0. The summed E-state index contributed by atoms with van der Waals surface area (Å²) in [6.45, 7) is 9.51. The van der Waals surface area contributed by atoms with E-state index in [0.717, 1.165) is 11.4 Å². The van der Waals surface area contributed by atoms with Gasteiger partial charge in [0.15, 0.2) is 0 Å². The van der Waals surface area contributed by atoms with Gasteiger partial charge in [0.25, 0.3) is 0 Å². The molecule has 1 heteroatoms. The van der Waals surface area contributed by atoms with Gasteiger partial charge in [-0.05, 0) is 126 Å². The van der Waals surface area contributed by atoms with Crippen molar-refractivity contribution in [3.8, 4) is 44.5 Å². The minimum atomic E-state index is -0.137. The lowest BCUT2D eigenvalue weighted by Gasteiger charge is -2.28. The lowest BCUT2D eigenvalue weighted by molar-refractivity contribution is 0.659. The molecule has 0 spiro atoms. The van der Waals surface area contributed by atoms with E-state index in [9.17, 15) is 0 Å². The summed E-state index contributed by atoms with van der Waals surface area (Å²) < 4.78 is 0. The summed E-state index contributed by atoms with van der Waals surface area (Å²) in [5.41, 5.74) is 19.4. The van der Waals surface area contributed by atoms with Crippen LogP contribution in [0.2, 0.25) is 0 Å². The Morgan fingerprint density at radius 2 is 0.719 bits per heavy atom. The first kappa shape index (κ1) is 33.6. The molecule has 0 aromatic heterocycles. The third-order valence-electron chi connectivity index (χ3n) is 13.0. The second-order valence-electron chi connectivity index (χ2n) is 17.0. The summed E-state index contributed by atoms with van der Waals surface area (Å²) >= 11 is 0. The standard InChI is InChI=1S/C56H43N/c1-55(2)50-21-13-12-20-46(50)47-30-25-38(34-51(47)55)39-26-31-49-48-29-24-37(33-52(48)56(3,4)53(49)35-39)36-22-27-43(28-23-36)57(42-16-6-5-7-17-42)54-44-18-10-8-14-40(44)32-41-15-9-11-19-45(41)54/h5-35H,1-4H3. The van der Waals surface area contributed by atoms with E-state index >= 15 is 0 Å². The number of fused-ring (bicyclic) bond motifs is 8. The zero-order valence-electron chi connectivity index (χ0n) is 32.8. The number of benzene rings is 9. The molecule has 57 heavy (non-hydrogen) atoms. The smallest absolute Gasteiger partial charge is 0.0618 e. The Morgan fingerprint density at radius 1 is 0.316 bits per heavy atom. The highest BCUT2D eigenvalue weighted by atomic mass is 15.1. The first-order valence-corrected chi connectivity index (χ1v) is 20.2. The van der Waals surface area contributed by atoms with Gasteiger partial charge in [-0.2, -0.15) is 0 Å². The maximum absolute atomic E-state index is 2.45. The zero-order valence-corrected chi connectivity index (χ0v) is 32.8. The van der Waals surface area contributed by atoms with Crippen LogP contribution < -0.4 is 4.90 Å². The van der Waals surface area contributed by atoms with Crippen LogP contribution >= 0.6 is 0 Å². The van der Waals surface area contributed by atoms with Crippen molar-refractivity contribution in [2.75, 3.05) is 4.90 Å². The molecule has 9 aromatic rings. The molecule has 2 aliphatic carbocycles. The van der Waals surface area contributed by atoms with Crippen LogP contribution in [0.15, 0.2) is 188 Å². The molecule has 0 bridgehead atoms. The fourth-order valence-electron chi connectivity index (χ4n) is 10.00. The molecule has 0 unspecified atom stereocenters. The van der Waals surface area contributed by atoms with Gasteiger partial charge in [0.1, 0.15) is 0 Å². The number of nitrogens with zero attached hydrogens (tertiary/aromatic N) is 1. The Hall–Kier alpha value is -6.70. The Kier molecular flexibility index (Phi) is 7.32. The first-order valence-electron chi connectivity index (χ1n) is 20.2. The normalized spacial score (nSPS) is 14.2. The predicted molar refractivity (Wildman–Crippen MR) is 242 cm³/mol. The van der Waals surface area contributed by atoms with E-state index in [1.165, 1.54) is 94.0 Å². The first-order chi connectivity index (χ1) is 27.8. The molecule has 0 N–H and O–H groups in total. The summed E-state index contributed by atoms with van der Waals surface area (Å²) in [6, 6.07) is 69.9. The molecule has 272 valence electrons. The molecule has 2 aliphatic rings. The van der Waals surface area contributed by atoms with Crippen molar-refractivity contribution in [1.82, 2.24) is 0 Å². The van der Waals surface area contributed by atoms with E-state index in [2.05, 4.69) is 221 Å². The average Bonchev–Trinajstić information content (AvgIpc) is 3.62. The molecule has 11 rings (SSSR count). The van der Waals surface area contributed by atoms with Gasteiger partial charge in [0.2, 0.25) is 0 Å². The Morgan fingerprint density at radius 3 is 1.28 bits per heavy atom. The highest BCUT2D eigenvalue weighted by Gasteiger charge is 2.37. The number of hydrogen-bond donors (Lipinski definition) is 0. The number of para-hydroxylation sites is 1. The van der Waals surface area contributed by atoms with Crippen molar-refractivity contribution in [3.05, 3.63) is 210 Å². The molecule has 9 aromatic carbocycles. The largest absolute Gasteiger partial charge is 0.309 e. The van der Waals surface area contributed by atoms with Crippen LogP contribution in [0.25, 0.3) is 66.1 Å². The fourth-order valence-corrected chi connectivity index (χ4v) is 10.00. The van der Waals surface area contributed by atoms with Gasteiger partial charge in [0, 0.05) is 33.0 Å². The maximum Gasteiger partial charge on any atom is 0.0618 e. The maximum atomic E-state index is 2.45. The molecular weight excluding hydrogens is 687 g/mol. The van der Waals surface area contributed by atoms with E-state index in [4.69, 9.17) is 0 Å². The monoisotopic (exact) mass is 729 g/mol. The second kappa shape index (κ2) is 12.4. The molecule has 0 saturated heterocycles. The predicted octanol–water partition coefficient (Wildman–Crippen LogP) is 15.4. The minimum absolute atomic E-state index is 0.0209. The number of rotatable bonds is 5. The lowest BCUT2D eigenvalue weighted by atomic mass is 9.80. The zero-order chi connectivity index (χ0) is 38.5. The Bertz CT molecular complexity index is 3000. The Balaban J connectivity index is 0.955. The van der Waals surface area contributed by atoms with Crippen LogP contribution in [0.3, 0.4) is 0 Å². The van der Waals surface area contributed by atoms with Gasteiger partial charge in [-0.1, -0.05) is 167 Å². The molecule has 0 aliphatic heterocycles. The third kappa shape index (κ3) is 5.08. The SMILES string of the molecule is CC1(C)c2ccccc2-c2ccc(-c3ccc4c(c3)C(C)(C)c3cc(-c5ccc(N(c6ccccc6)c6c7ccccc7cc7ccccc67)cc5)ccc3-4)cc21. The minimum Gasteiger partial charge on any atom is -0.309 e. The van der Waals surface area contributed by atoms with Crippen LogP contribution in [0.4, 0.5) is 17.1 Å². The van der Waals surface area contributed by atoms with Crippen molar-refractivity contribution in [2.24, 2.45) is 0 Å². The van der Waals surface area contributed by atoms with Crippen molar-refractivity contribution >= 4 is 38.6 Å². The highest BCUT2D eigenvalue weighted by Crippen LogP contribution is 2.53. The Labute approximate surface area is 335 Å². The summed E-state index contributed by atoms with van der Waals surface area (Å²) in [5, 5.41) is 4.94. The summed E-state index contributed by atoms with van der Waals surface area (Å²) in [5.74, 6) is 0. The lowest BCUT2D eigenvalue weighted by Crippen LogP contribution is -2.15. The number of hydrogen-bond acceptors (Lipinski definition) is 1. The summed E-state index contributed by atoms with van der Waals surface area (Å²) in [7, 11) is 0. The van der Waals surface area contributed by atoms with Crippen molar-refractivity contribution in [2.45, 2.75) is 38.5 Å². The van der Waals surface area contributed by atoms with Crippen molar-refractivity contribution < 1.29 is 0 Å². The second-order valence-corrected chi connectivity index (χ2v) is 17.0. The van der Waals surface area contributed by atoms with E-state index in [0.29, 0.717) is 0 Å². The molecule has 0 atom stereocenters. The third-order valence-corrected chi connectivity index (χ3v) is 13.0. The van der Waals surface area contributed by atoms with Gasteiger partial charge in [-0.25, -0.2) is 0 Å². The molecule has 1 nitrogen and oxygen atoms in total. The van der Waals surface area contributed by atoms with Crippen LogP contribution in [0.5, 0.6) is 0 Å². The van der Waals surface area contributed by atoms with Gasteiger partial charge < -0.3 is 4.90 Å². The van der Waals surface area contributed by atoms with Gasteiger partial charge >= 0.3 is 0 Å². The van der Waals surface area contributed by atoms with Crippen LogP contribution in [-0.4, -0.2) is 0 Å². The molecule has 0 saturated carbocycles. The topological polar surface area (TPSA) is 3.24 Å². The quantitative estimate of drug-likeness (QED) is 0.159. The van der Waals surface area contributed by atoms with E-state index in [-0.39, 0.29) is 10.8 Å². The highest BCUT2D eigenvalue weighted by molar-refractivity contribution is 6.14. The molecule has 0 amide bonds. The van der Waals surface area contributed by atoms with E-state index < -0.39 is 0 Å². The average molecular weight is 730 g/mol. The van der Waals surface area contributed by atoms with Gasteiger partial charge in [-0.15, -0.1) is 0 Å². The molecule has 0 radical (unpaired) electrons. The van der Waals surface area contributed by atoms with Crippen LogP contribution in [-0.2, 0) is 10.8 Å². The fraction of sp³-hybridized carbons (Fsp3) is 0.107. The molecule has 0 heterocycles. The van der Waals surface area contributed by atoms with Gasteiger partial charge in [-0.3, -0.25) is 0 Å². The van der Waals surface area contributed by atoms with E-state index in [1.54, 1.807) is 0 Å². The summed E-state index contributed by atoms with van der Waals surface area (Å²) in [4.78, 5) is 2.43. The van der Waals surface area contributed by atoms with Crippen molar-refractivity contribution in [3.63, 3.8) is 0 Å². The van der Waals surface area contributed by atoms with Gasteiger partial charge in [0.05, 0.1) is 5.69 Å². The van der Waals surface area contributed by atoms with Crippen LogP contribution in [0.1, 0.15) is 49.9 Å². The van der Waals surface area contributed by atoms with Crippen molar-refractivity contribution in [1.29, 1.82) is 0 Å². The number of anilines is 3. The molecule has 0 fully saturated rings.